The van der Waals surface area contributed by atoms with Crippen LogP contribution in [-0.4, -0.2) is 45.5 Å². The molecule has 4 aliphatic carbocycles. The molecule has 4 aliphatic rings. The van der Waals surface area contributed by atoms with Gasteiger partial charge in [-0.2, -0.15) is 0 Å². The molecule has 0 heterocycles. The molecule has 154 valence electrons. The van der Waals surface area contributed by atoms with E-state index in [9.17, 15) is 19.8 Å². The maximum atomic E-state index is 15.6. The predicted molar refractivity (Wildman–Crippen MR) is 104 cm³/mol. The standard InChI is InChI=1S/C22H28ClFO4/c1-11-6-13-14-8-16(24)15-7-12(26)4-5-21(15,3)22(14,23)18(28)9-20(13,2)19(11)17(27)10-25/h4-5,7,11,13-14,16,18-19,25,28H,6,8-10H2,1-3H3/t11-,13+,14+,16+,18+,19-,20+,21+,22+/m1/s1/i1+1D3,6D2. The Hall–Kier alpha value is -1.04. The van der Waals surface area contributed by atoms with Crippen molar-refractivity contribution in [3.63, 3.8) is 0 Å². The average Bonchev–Trinajstić information content (AvgIpc) is 2.87. The van der Waals surface area contributed by atoms with Crippen LogP contribution in [0.4, 0.5) is 4.39 Å². The van der Waals surface area contributed by atoms with E-state index in [1.54, 1.807) is 13.8 Å². The number of fused-ring (bicyclic) bond motifs is 5. The van der Waals surface area contributed by atoms with E-state index >= 15 is 4.39 Å². The summed E-state index contributed by atoms with van der Waals surface area (Å²) in [5, 5.41) is 21.0. The van der Waals surface area contributed by atoms with Crippen LogP contribution in [0.3, 0.4) is 0 Å². The monoisotopic (exact) mass is 416 g/mol. The Morgan fingerprint density at radius 1 is 1.46 bits per heavy atom. The van der Waals surface area contributed by atoms with Crippen LogP contribution in [0.5, 0.6) is 0 Å². The molecule has 0 aromatic heterocycles. The van der Waals surface area contributed by atoms with Crippen LogP contribution in [0.1, 0.15) is 46.8 Å². The highest BCUT2D eigenvalue weighted by Crippen LogP contribution is 2.70. The summed E-state index contributed by atoms with van der Waals surface area (Å²) in [4.78, 5) is 23.2. The highest BCUT2D eigenvalue weighted by molar-refractivity contribution is 6.26. The van der Waals surface area contributed by atoms with Gasteiger partial charge in [0, 0.05) is 18.2 Å². The summed E-state index contributed by atoms with van der Waals surface area (Å²) in [5.74, 6) is -6.61. The summed E-state index contributed by atoms with van der Waals surface area (Å²) in [6, 6.07) is 0. The van der Waals surface area contributed by atoms with Crippen LogP contribution in [0.25, 0.3) is 0 Å². The van der Waals surface area contributed by atoms with E-state index in [-0.39, 0.29) is 18.4 Å². The van der Waals surface area contributed by atoms with Gasteiger partial charge in [0.05, 0.1) is 11.0 Å². The van der Waals surface area contributed by atoms with E-state index in [0.29, 0.717) is 0 Å². The number of alkyl halides is 2. The van der Waals surface area contributed by atoms with Crippen molar-refractivity contribution < 1.29 is 31.0 Å². The fraction of sp³-hybridized carbons (Fsp3) is 0.727. The number of allylic oxidation sites excluding steroid dienone is 4. The molecule has 0 spiro atoms. The lowest BCUT2D eigenvalue weighted by Crippen LogP contribution is -2.67. The van der Waals surface area contributed by atoms with Crippen LogP contribution >= 0.6 is 11.6 Å². The molecule has 4 nitrogen and oxygen atoms in total. The zero-order valence-corrected chi connectivity index (χ0v) is 16.5. The van der Waals surface area contributed by atoms with Gasteiger partial charge in [0.2, 0.25) is 0 Å². The highest BCUT2D eigenvalue weighted by atomic mass is 35.5. The van der Waals surface area contributed by atoms with E-state index in [1.165, 1.54) is 12.2 Å². The van der Waals surface area contributed by atoms with Crippen molar-refractivity contribution in [1.29, 1.82) is 0 Å². The number of hydrogen-bond donors (Lipinski definition) is 2. The Bertz CT molecular complexity index is 967. The molecule has 9 atom stereocenters. The average molecular weight is 417 g/mol. The zero-order chi connectivity index (χ0) is 24.9. The van der Waals surface area contributed by atoms with Gasteiger partial charge in [-0.1, -0.05) is 26.8 Å². The molecule has 3 fully saturated rings. The topological polar surface area (TPSA) is 74.6 Å². The Kier molecular flexibility index (Phi) is 3.31. The summed E-state index contributed by atoms with van der Waals surface area (Å²) in [6.07, 6.45) is -2.16. The third-order valence-corrected chi connectivity index (χ3v) is 8.67. The number of Topliss-reactive ketones (excluding diaryl/α,β-unsaturated/α-hetero) is 1. The molecule has 0 aromatic rings. The molecule has 0 aliphatic heterocycles. The highest BCUT2D eigenvalue weighted by Gasteiger charge is 2.71. The third kappa shape index (κ3) is 2.30. The van der Waals surface area contributed by atoms with Crippen molar-refractivity contribution in [2.75, 3.05) is 6.61 Å². The van der Waals surface area contributed by atoms with Crippen molar-refractivity contribution in [2.24, 2.45) is 34.5 Å². The van der Waals surface area contributed by atoms with Crippen LogP contribution in [0.2, 0.25) is 0 Å². The molecule has 0 aromatic carbocycles. The second-order valence-electron chi connectivity index (χ2n) is 9.07. The van der Waals surface area contributed by atoms with E-state index in [0.717, 1.165) is 6.08 Å². The van der Waals surface area contributed by atoms with Crippen molar-refractivity contribution >= 4 is 23.2 Å². The van der Waals surface area contributed by atoms with E-state index in [2.05, 4.69) is 0 Å². The first-order chi connectivity index (χ1) is 15.0. The normalized spacial score (nSPS) is 57.4. The second-order valence-corrected chi connectivity index (χ2v) is 9.69. The summed E-state index contributed by atoms with van der Waals surface area (Å²) in [7, 11) is 0. The molecule has 2 N–H and O–H groups in total. The molecule has 6 heteroatoms. The number of rotatable bonds is 2. The molecule has 0 saturated heterocycles. The van der Waals surface area contributed by atoms with Gasteiger partial charge >= 0.3 is 0 Å². The van der Waals surface area contributed by atoms with Crippen LogP contribution in [0, 0.1) is 34.5 Å². The number of hydrogen-bond acceptors (Lipinski definition) is 4. The first-order valence-electron chi connectivity index (χ1n) is 12.1. The smallest absolute Gasteiger partial charge is 0.178 e. The summed E-state index contributed by atoms with van der Waals surface area (Å²) >= 11 is 7.17. The SMILES string of the molecule is [2H]C1([2H])[C@H]2[C@@H]3C[C@H](F)C4=CC(=O)C=C[C@]4(C)[C@@]3(Cl)[C@@H](O)C[C@]2(C)[C@@H](C(=O)CO)[C@@H]1[13C]([2H])([2H])[2H]. The Morgan fingerprint density at radius 2 is 2.18 bits per heavy atom. The minimum absolute atomic E-state index is 0.109. The van der Waals surface area contributed by atoms with E-state index < -0.39 is 83.0 Å². The number of carbonyl (C=O) groups excluding carboxylic acids is 2. The first-order valence-corrected chi connectivity index (χ1v) is 9.95. The maximum Gasteiger partial charge on any atom is 0.178 e. The summed E-state index contributed by atoms with van der Waals surface area (Å²) in [5.41, 5.74) is -2.59. The van der Waals surface area contributed by atoms with E-state index in [1.807, 2.05) is 0 Å². The number of ketones is 2. The molecule has 4 rings (SSSR count). The van der Waals surface area contributed by atoms with Gasteiger partial charge in [-0.3, -0.25) is 9.59 Å². The molecule has 0 bridgehead atoms. The third-order valence-electron chi connectivity index (χ3n) is 7.75. The lowest BCUT2D eigenvalue weighted by molar-refractivity contribution is -0.140. The quantitative estimate of drug-likeness (QED) is 0.536. The van der Waals surface area contributed by atoms with Gasteiger partial charge in [0.15, 0.2) is 11.6 Å². The van der Waals surface area contributed by atoms with Crippen LogP contribution in [-0.2, 0) is 9.59 Å². The van der Waals surface area contributed by atoms with Crippen molar-refractivity contribution in [2.45, 2.75) is 57.1 Å². The Balaban J connectivity index is 1.96. The van der Waals surface area contributed by atoms with Crippen molar-refractivity contribution in [3.05, 3.63) is 23.8 Å². The molecule has 0 radical (unpaired) electrons. The van der Waals surface area contributed by atoms with Gasteiger partial charge < -0.3 is 10.2 Å². The lowest BCUT2D eigenvalue weighted by Gasteiger charge is -2.63. The first kappa shape index (κ1) is 14.9. The fourth-order valence-corrected chi connectivity index (χ4v) is 6.90. The van der Waals surface area contributed by atoms with Crippen LogP contribution in [0.15, 0.2) is 23.8 Å². The summed E-state index contributed by atoms with van der Waals surface area (Å²) in [6.45, 7) is -0.708. The molecular formula is C22H28ClFO4. The molecule has 3 saturated carbocycles. The Labute approximate surface area is 176 Å². The van der Waals surface area contributed by atoms with Crippen molar-refractivity contribution in [1.82, 2.24) is 0 Å². The van der Waals surface area contributed by atoms with Gasteiger partial charge in [-0.05, 0) is 60.1 Å². The zero-order valence-electron chi connectivity index (χ0n) is 20.8. The number of aliphatic hydroxyl groups is 2. The van der Waals surface area contributed by atoms with Crippen molar-refractivity contribution in [3.8, 4) is 0 Å². The second kappa shape index (κ2) is 6.23. The number of halogens is 2. The van der Waals surface area contributed by atoms with Gasteiger partial charge in [-0.25, -0.2) is 4.39 Å². The van der Waals surface area contributed by atoms with Gasteiger partial charge in [-0.15, -0.1) is 11.6 Å². The fourth-order valence-electron chi connectivity index (χ4n) is 6.44. The minimum atomic E-state index is -2.88. The lowest BCUT2D eigenvalue weighted by atomic mass is 9.46. The molecular weight excluding hydrogens is 384 g/mol. The minimum Gasteiger partial charge on any atom is -0.391 e. The molecule has 28 heavy (non-hydrogen) atoms. The largest absolute Gasteiger partial charge is 0.391 e. The number of carbonyl (C=O) groups is 2. The Morgan fingerprint density at radius 3 is 2.82 bits per heavy atom. The van der Waals surface area contributed by atoms with E-state index in [4.69, 9.17) is 18.5 Å². The molecule has 0 amide bonds. The predicted octanol–water partition coefficient (Wildman–Crippen LogP) is 3.00. The summed E-state index contributed by atoms with van der Waals surface area (Å²) < 4.78 is 57.5. The molecule has 0 unspecified atom stereocenters. The number of aliphatic hydroxyl groups excluding tert-OH is 2. The van der Waals surface area contributed by atoms with Crippen LogP contribution < -0.4 is 0 Å². The van der Waals surface area contributed by atoms with Gasteiger partial charge in [0.1, 0.15) is 12.8 Å². The maximum absolute atomic E-state index is 15.6. The van der Waals surface area contributed by atoms with Gasteiger partial charge in [0.25, 0.3) is 0 Å².